The van der Waals surface area contributed by atoms with Gasteiger partial charge in [0.25, 0.3) is 0 Å². The maximum absolute atomic E-state index is 11.3. The van der Waals surface area contributed by atoms with E-state index < -0.39 is 5.97 Å². The van der Waals surface area contributed by atoms with Gasteiger partial charge >= 0.3 is 5.97 Å². The molecule has 2 fully saturated rings. The van der Waals surface area contributed by atoms with Crippen molar-refractivity contribution in [2.24, 2.45) is 5.92 Å². The first kappa shape index (κ1) is 15.8. The molecule has 20 heavy (non-hydrogen) atoms. The first-order valence-corrected chi connectivity index (χ1v) is 8.50. The molecule has 0 aromatic heterocycles. The first-order chi connectivity index (χ1) is 9.55. The van der Waals surface area contributed by atoms with Crippen LogP contribution in [-0.2, 0) is 4.79 Å². The van der Waals surface area contributed by atoms with Crippen molar-refractivity contribution in [1.29, 1.82) is 0 Å². The molecule has 0 spiro atoms. The van der Waals surface area contributed by atoms with Crippen molar-refractivity contribution in [2.75, 3.05) is 7.05 Å². The number of nitrogens with zero attached hydrogens (tertiary/aromatic N) is 1. The molecule has 1 unspecified atom stereocenters. The second-order valence-electron chi connectivity index (χ2n) is 7.11. The number of aliphatic carboxylic acids is 1. The summed E-state index contributed by atoms with van der Waals surface area (Å²) < 4.78 is 0. The molecule has 116 valence electrons. The predicted octanol–water partition coefficient (Wildman–Crippen LogP) is 4.06. The average Bonchev–Trinajstić information content (AvgIpc) is 2.47. The molecule has 0 bridgehead atoms. The van der Waals surface area contributed by atoms with E-state index in [0.717, 1.165) is 18.8 Å². The third-order valence-corrected chi connectivity index (χ3v) is 5.96. The molecule has 0 heterocycles. The Bertz CT molecular complexity index is 317. The third-order valence-electron chi connectivity index (χ3n) is 5.96. The highest BCUT2D eigenvalue weighted by molar-refractivity contribution is 5.68. The van der Waals surface area contributed by atoms with Gasteiger partial charge in [-0.3, -0.25) is 9.69 Å². The van der Waals surface area contributed by atoms with Gasteiger partial charge in [-0.05, 0) is 45.6 Å². The third kappa shape index (κ3) is 3.55. The van der Waals surface area contributed by atoms with E-state index >= 15 is 0 Å². The standard InChI is InChI=1S/C17H31NO2/c1-14(15-9-5-3-6-10-15)18(2)17(13-16(19)20)11-7-4-8-12-17/h14-15H,3-13H2,1-2H3,(H,19,20). The fourth-order valence-electron chi connectivity index (χ4n) is 4.51. The van der Waals surface area contributed by atoms with E-state index in [1.807, 2.05) is 0 Å². The lowest BCUT2D eigenvalue weighted by molar-refractivity contribution is -0.142. The zero-order chi connectivity index (χ0) is 14.6. The normalized spacial score (nSPS) is 25.6. The Morgan fingerprint density at radius 2 is 1.70 bits per heavy atom. The number of hydrogen-bond donors (Lipinski definition) is 1. The van der Waals surface area contributed by atoms with Crippen LogP contribution < -0.4 is 0 Å². The summed E-state index contributed by atoms with van der Waals surface area (Å²) in [6, 6.07) is 0.521. The number of carboxylic acids is 1. The Balaban J connectivity index is 2.08. The Morgan fingerprint density at radius 3 is 2.25 bits per heavy atom. The van der Waals surface area contributed by atoms with Crippen LogP contribution in [-0.4, -0.2) is 34.6 Å². The summed E-state index contributed by atoms with van der Waals surface area (Å²) in [6.45, 7) is 2.33. The van der Waals surface area contributed by atoms with Crippen molar-refractivity contribution in [2.45, 2.75) is 89.1 Å². The number of hydrogen-bond acceptors (Lipinski definition) is 2. The quantitative estimate of drug-likeness (QED) is 0.826. The van der Waals surface area contributed by atoms with Gasteiger partial charge in [-0.2, -0.15) is 0 Å². The zero-order valence-corrected chi connectivity index (χ0v) is 13.2. The van der Waals surface area contributed by atoms with Crippen molar-refractivity contribution in [3.63, 3.8) is 0 Å². The minimum absolute atomic E-state index is 0.0824. The van der Waals surface area contributed by atoms with Gasteiger partial charge in [0.15, 0.2) is 0 Å². The summed E-state index contributed by atoms with van der Waals surface area (Å²) in [5.41, 5.74) is -0.0824. The SMILES string of the molecule is CC(C1CCCCC1)N(C)C1(CC(=O)O)CCCCC1. The van der Waals surface area contributed by atoms with Crippen LogP contribution in [0.25, 0.3) is 0 Å². The summed E-state index contributed by atoms with van der Waals surface area (Å²) in [6.07, 6.45) is 12.8. The van der Waals surface area contributed by atoms with E-state index in [2.05, 4.69) is 18.9 Å². The van der Waals surface area contributed by atoms with E-state index in [4.69, 9.17) is 0 Å². The van der Waals surface area contributed by atoms with Crippen LogP contribution in [0.2, 0.25) is 0 Å². The van der Waals surface area contributed by atoms with Gasteiger partial charge in [-0.1, -0.05) is 38.5 Å². The van der Waals surface area contributed by atoms with E-state index in [9.17, 15) is 9.90 Å². The van der Waals surface area contributed by atoms with Gasteiger partial charge in [0.05, 0.1) is 6.42 Å². The fraction of sp³-hybridized carbons (Fsp3) is 0.941. The highest BCUT2D eigenvalue weighted by Crippen LogP contribution is 2.39. The maximum atomic E-state index is 11.3. The van der Waals surface area contributed by atoms with Gasteiger partial charge < -0.3 is 5.11 Å². The van der Waals surface area contributed by atoms with Crippen LogP contribution in [0.15, 0.2) is 0 Å². The fourth-order valence-corrected chi connectivity index (χ4v) is 4.51. The monoisotopic (exact) mass is 281 g/mol. The van der Waals surface area contributed by atoms with Gasteiger partial charge in [-0.25, -0.2) is 0 Å². The second kappa shape index (κ2) is 6.93. The van der Waals surface area contributed by atoms with Crippen molar-refractivity contribution in [3.8, 4) is 0 Å². The van der Waals surface area contributed by atoms with Crippen molar-refractivity contribution in [3.05, 3.63) is 0 Å². The van der Waals surface area contributed by atoms with Gasteiger partial charge in [0.2, 0.25) is 0 Å². The lowest BCUT2D eigenvalue weighted by atomic mass is 9.75. The van der Waals surface area contributed by atoms with Gasteiger partial charge in [0.1, 0.15) is 0 Å². The van der Waals surface area contributed by atoms with Crippen LogP contribution >= 0.6 is 0 Å². The highest BCUT2D eigenvalue weighted by Gasteiger charge is 2.41. The van der Waals surface area contributed by atoms with Gasteiger partial charge in [0, 0.05) is 11.6 Å². The summed E-state index contributed by atoms with van der Waals surface area (Å²) in [7, 11) is 2.19. The molecule has 1 atom stereocenters. The Labute approximate surface area is 123 Å². The van der Waals surface area contributed by atoms with Gasteiger partial charge in [-0.15, -0.1) is 0 Å². The predicted molar refractivity (Wildman–Crippen MR) is 81.9 cm³/mol. The lowest BCUT2D eigenvalue weighted by Crippen LogP contribution is -2.55. The minimum atomic E-state index is -0.630. The molecule has 0 aromatic carbocycles. The largest absolute Gasteiger partial charge is 0.481 e. The van der Waals surface area contributed by atoms with E-state index in [1.54, 1.807) is 0 Å². The Kier molecular flexibility index (Phi) is 5.48. The molecular weight excluding hydrogens is 250 g/mol. The maximum Gasteiger partial charge on any atom is 0.305 e. The minimum Gasteiger partial charge on any atom is -0.481 e. The molecule has 2 aliphatic carbocycles. The molecule has 2 aliphatic rings. The number of rotatable bonds is 5. The molecule has 3 heteroatoms. The molecule has 3 nitrogen and oxygen atoms in total. The molecule has 2 saturated carbocycles. The molecule has 0 amide bonds. The summed E-state index contributed by atoms with van der Waals surface area (Å²) in [5, 5.41) is 9.35. The lowest BCUT2D eigenvalue weighted by Gasteiger charge is -2.49. The van der Waals surface area contributed by atoms with Crippen LogP contribution in [0.1, 0.15) is 77.6 Å². The summed E-state index contributed by atoms with van der Waals surface area (Å²) in [5.74, 6) is 0.135. The topological polar surface area (TPSA) is 40.5 Å². The average molecular weight is 281 g/mol. The molecule has 0 radical (unpaired) electrons. The number of carbonyl (C=O) groups is 1. The zero-order valence-electron chi connectivity index (χ0n) is 13.2. The van der Waals surface area contributed by atoms with Crippen molar-refractivity contribution in [1.82, 2.24) is 4.90 Å². The first-order valence-electron chi connectivity index (χ1n) is 8.50. The van der Waals surface area contributed by atoms with Crippen molar-refractivity contribution < 1.29 is 9.90 Å². The highest BCUT2D eigenvalue weighted by atomic mass is 16.4. The second-order valence-corrected chi connectivity index (χ2v) is 7.11. The van der Waals surface area contributed by atoms with Crippen LogP contribution in [0.5, 0.6) is 0 Å². The van der Waals surface area contributed by atoms with Crippen LogP contribution in [0.4, 0.5) is 0 Å². The molecular formula is C17H31NO2. The van der Waals surface area contributed by atoms with Crippen LogP contribution in [0.3, 0.4) is 0 Å². The van der Waals surface area contributed by atoms with Crippen molar-refractivity contribution >= 4 is 5.97 Å². The Morgan fingerprint density at radius 1 is 1.15 bits per heavy atom. The molecule has 0 saturated heterocycles. The van der Waals surface area contributed by atoms with E-state index in [-0.39, 0.29) is 5.54 Å². The summed E-state index contributed by atoms with van der Waals surface area (Å²) >= 11 is 0. The molecule has 0 aromatic rings. The molecule has 2 rings (SSSR count). The van der Waals surface area contributed by atoms with E-state index in [0.29, 0.717) is 12.5 Å². The van der Waals surface area contributed by atoms with E-state index in [1.165, 1.54) is 51.4 Å². The summed E-state index contributed by atoms with van der Waals surface area (Å²) in [4.78, 5) is 13.8. The Hall–Kier alpha value is -0.570. The molecule has 1 N–H and O–H groups in total. The molecule has 0 aliphatic heterocycles. The number of carboxylic acid groups (broad SMARTS) is 1. The van der Waals surface area contributed by atoms with Crippen LogP contribution in [0, 0.1) is 5.92 Å². The smallest absolute Gasteiger partial charge is 0.305 e.